The second kappa shape index (κ2) is 6.40. The van der Waals surface area contributed by atoms with Gasteiger partial charge in [0.05, 0.1) is 18.8 Å². The first-order chi connectivity index (χ1) is 5.68. The summed E-state index contributed by atoms with van der Waals surface area (Å²) < 4.78 is 0. The van der Waals surface area contributed by atoms with Crippen LogP contribution in [0.3, 0.4) is 0 Å². The largest absolute Gasteiger partial charge is 0.394 e. The lowest BCUT2D eigenvalue weighted by Crippen LogP contribution is -2.47. The van der Waals surface area contributed by atoms with Crippen molar-refractivity contribution in [1.29, 1.82) is 0 Å². The van der Waals surface area contributed by atoms with Crippen LogP contribution in [0.1, 0.15) is 39.0 Å². The third-order valence-corrected chi connectivity index (χ3v) is 2.16. The Labute approximate surface area is 74.6 Å². The van der Waals surface area contributed by atoms with Gasteiger partial charge in [-0.1, -0.05) is 32.6 Å². The molecule has 0 saturated carbocycles. The van der Waals surface area contributed by atoms with Gasteiger partial charge in [-0.05, 0) is 6.42 Å². The summed E-state index contributed by atoms with van der Waals surface area (Å²) in [6, 6.07) is 0. The molecule has 74 valence electrons. The molecule has 0 spiro atoms. The number of hydrogen-bond acceptors (Lipinski definition) is 3. The van der Waals surface area contributed by atoms with Crippen molar-refractivity contribution in [3.05, 3.63) is 0 Å². The summed E-state index contributed by atoms with van der Waals surface area (Å²) in [6.45, 7) is 1.89. The fourth-order valence-corrected chi connectivity index (χ4v) is 1.11. The molecule has 0 bridgehead atoms. The van der Waals surface area contributed by atoms with Crippen molar-refractivity contribution in [2.75, 3.05) is 13.2 Å². The summed E-state index contributed by atoms with van der Waals surface area (Å²) in [4.78, 5) is 0. The van der Waals surface area contributed by atoms with Crippen LogP contribution in [0.5, 0.6) is 0 Å². The summed E-state index contributed by atoms with van der Waals surface area (Å²) in [5.74, 6) is 0. The third-order valence-electron chi connectivity index (χ3n) is 2.16. The molecule has 0 aliphatic rings. The van der Waals surface area contributed by atoms with Gasteiger partial charge < -0.3 is 15.9 Å². The van der Waals surface area contributed by atoms with Crippen LogP contribution in [-0.4, -0.2) is 29.0 Å². The Morgan fingerprint density at radius 3 is 2.08 bits per heavy atom. The summed E-state index contributed by atoms with van der Waals surface area (Å²) in [6.07, 6.45) is 5.23. The highest BCUT2D eigenvalue weighted by atomic mass is 16.3. The predicted molar refractivity (Wildman–Crippen MR) is 49.8 cm³/mol. The molecule has 0 aromatic heterocycles. The molecular formula is C9H21NO2. The van der Waals surface area contributed by atoms with Crippen molar-refractivity contribution in [2.45, 2.75) is 44.6 Å². The van der Waals surface area contributed by atoms with Gasteiger partial charge >= 0.3 is 0 Å². The smallest absolute Gasteiger partial charge is 0.0633 e. The molecule has 0 aliphatic heterocycles. The lowest BCUT2D eigenvalue weighted by molar-refractivity contribution is 0.112. The van der Waals surface area contributed by atoms with Crippen LogP contribution in [0, 0.1) is 0 Å². The number of rotatable bonds is 7. The quantitative estimate of drug-likeness (QED) is 0.497. The van der Waals surface area contributed by atoms with E-state index < -0.39 is 5.54 Å². The minimum atomic E-state index is -0.756. The SMILES string of the molecule is CCCCCCC(N)(CO)CO. The average molecular weight is 175 g/mol. The van der Waals surface area contributed by atoms with E-state index in [1.54, 1.807) is 0 Å². The standard InChI is InChI=1S/C9H21NO2/c1-2-3-4-5-6-9(10,7-11)8-12/h11-12H,2-8,10H2,1H3. The summed E-state index contributed by atoms with van der Waals surface area (Å²) in [5.41, 5.74) is 4.92. The molecule has 0 amide bonds. The molecular weight excluding hydrogens is 154 g/mol. The van der Waals surface area contributed by atoms with Gasteiger partial charge in [-0.15, -0.1) is 0 Å². The van der Waals surface area contributed by atoms with E-state index in [1.807, 2.05) is 0 Å². The number of aliphatic hydroxyl groups excluding tert-OH is 2. The van der Waals surface area contributed by atoms with Gasteiger partial charge in [-0.25, -0.2) is 0 Å². The van der Waals surface area contributed by atoms with Gasteiger partial charge in [0.15, 0.2) is 0 Å². The molecule has 0 unspecified atom stereocenters. The predicted octanol–water partition coefficient (Wildman–Crippen LogP) is 0.639. The van der Waals surface area contributed by atoms with Gasteiger partial charge in [0, 0.05) is 0 Å². The normalized spacial score (nSPS) is 12.0. The average Bonchev–Trinajstić information content (AvgIpc) is 2.12. The van der Waals surface area contributed by atoms with Crippen molar-refractivity contribution in [3.63, 3.8) is 0 Å². The van der Waals surface area contributed by atoms with Crippen LogP contribution < -0.4 is 5.73 Å². The topological polar surface area (TPSA) is 66.5 Å². The minimum Gasteiger partial charge on any atom is -0.394 e. The highest BCUT2D eigenvalue weighted by molar-refractivity contribution is 4.81. The van der Waals surface area contributed by atoms with Crippen LogP contribution in [0.25, 0.3) is 0 Å². The van der Waals surface area contributed by atoms with Crippen LogP contribution in [-0.2, 0) is 0 Å². The molecule has 0 heterocycles. The van der Waals surface area contributed by atoms with E-state index in [0.29, 0.717) is 6.42 Å². The molecule has 0 aromatic carbocycles. The number of nitrogens with two attached hydrogens (primary N) is 1. The first kappa shape index (κ1) is 11.9. The Morgan fingerprint density at radius 1 is 1.08 bits per heavy atom. The maximum absolute atomic E-state index is 8.86. The first-order valence-corrected chi connectivity index (χ1v) is 4.69. The van der Waals surface area contributed by atoms with Gasteiger partial charge in [0.25, 0.3) is 0 Å². The Morgan fingerprint density at radius 2 is 1.67 bits per heavy atom. The van der Waals surface area contributed by atoms with E-state index in [-0.39, 0.29) is 13.2 Å². The highest BCUT2D eigenvalue weighted by Gasteiger charge is 2.21. The fourth-order valence-electron chi connectivity index (χ4n) is 1.11. The van der Waals surface area contributed by atoms with Crippen molar-refractivity contribution < 1.29 is 10.2 Å². The monoisotopic (exact) mass is 175 g/mol. The van der Waals surface area contributed by atoms with Gasteiger partial charge in [0.1, 0.15) is 0 Å². The molecule has 4 N–H and O–H groups in total. The molecule has 3 heteroatoms. The zero-order valence-electron chi connectivity index (χ0n) is 7.92. The van der Waals surface area contributed by atoms with E-state index >= 15 is 0 Å². The molecule has 0 aromatic rings. The second-order valence-electron chi connectivity index (χ2n) is 3.49. The second-order valence-corrected chi connectivity index (χ2v) is 3.49. The van der Waals surface area contributed by atoms with Gasteiger partial charge in [-0.3, -0.25) is 0 Å². The van der Waals surface area contributed by atoms with E-state index in [0.717, 1.165) is 12.8 Å². The molecule has 12 heavy (non-hydrogen) atoms. The van der Waals surface area contributed by atoms with Crippen molar-refractivity contribution >= 4 is 0 Å². The zero-order valence-corrected chi connectivity index (χ0v) is 7.92. The van der Waals surface area contributed by atoms with Crippen molar-refractivity contribution in [3.8, 4) is 0 Å². The highest BCUT2D eigenvalue weighted by Crippen LogP contribution is 2.11. The molecule has 0 aliphatic carbocycles. The Hall–Kier alpha value is -0.120. The van der Waals surface area contributed by atoms with Crippen molar-refractivity contribution in [1.82, 2.24) is 0 Å². The maximum Gasteiger partial charge on any atom is 0.0633 e. The fraction of sp³-hybridized carbons (Fsp3) is 1.00. The lowest BCUT2D eigenvalue weighted by atomic mass is 9.95. The molecule has 0 radical (unpaired) electrons. The Balaban J connectivity index is 3.45. The van der Waals surface area contributed by atoms with Crippen LogP contribution >= 0.6 is 0 Å². The Kier molecular flexibility index (Phi) is 6.34. The molecule has 0 fully saturated rings. The summed E-state index contributed by atoms with van der Waals surface area (Å²) >= 11 is 0. The molecule has 0 rings (SSSR count). The molecule has 0 atom stereocenters. The summed E-state index contributed by atoms with van der Waals surface area (Å²) in [5, 5.41) is 17.7. The van der Waals surface area contributed by atoms with Crippen LogP contribution in [0.2, 0.25) is 0 Å². The number of unbranched alkanes of at least 4 members (excludes halogenated alkanes) is 3. The maximum atomic E-state index is 8.86. The van der Waals surface area contributed by atoms with Gasteiger partial charge in [-0.2, -0.15) is 0 Å². The molecule has 3 nitrogen and oxygen atoms in total. The number of aliphatic hydroxyl groups is 2. The first-order valence-electron chi connectivity index (χ1n) is 4.69. The Bertz CT molecular complexity index is 103. The van der Waals surface area contributed by atoms with E-state index in [2.05, 4.69) is 6.92 Å². The van der Waals surface area contributed by atoms with Crippen molar-refractivity contribution in [2.24, 2.45) is 5.73 Å². The third kappa shape index (κ3) is 4.70. The number of hydrogen-bond donors (Lipinski definition) is 3. The molecule has 0 saturated heterocycles. The lowest BCUT2D eigenvalue weighted by Gasteiger charge is -2.24. The summed E-state index contributed by atoms with van der Waals surface area (Å²) in [7, 11) is 0. The zero-order chi connectivity index (χ0) is 9.45. The van der Waals surface area contributed by atoms with E-state index in [9.17, 15) is 0 Å². The van der Waals surface area contributed by atoms with E-state index in [4.69, 9.17) is 15.9 Å². The minimum absolute atomic E-state index is 0.129. The van der Waals surface area contributed by atoms with Crippen LogP contribution in [0.4, 0.5) is 0 Å². The van der Waals surface area contributed by atoms with Crippen LogP contribution in [0.15, 0.2) is 0 Å². The van der Waals surface area contributed by atoms with E-state index in [1.165, 1.54) is 12.8 Å². The van der Waals surface area contributed by atoms with Gasteiger partial charge in [0.2, 0.25) is 0 Å².